The molecule has 0 atom stereocenters. The summed E-state index contributed by atoms with van der Waals surface area (Å²) in [6, 6.07) is 0. The summed E-state index contributed by atoms with van der Waals surface area (Å²) < 4.78 is 0. The number of thioether (sulfide) groups is 1. The third-order valence-corrected chi connectivity index (χ3v) is 5.50. The SMILES string of the molecule is NC1(CNC(=O)C2=CN(c3ncnc4nc[nH]c34)CCS2)CCC1. The molecular weight excluding hydrogens is 326 g/mol. The van der Waals surface area contributed by atoms with Crippen molar-refractivity contribution < 1.29 is 4.79 Å². The summed E-state index contributed by atoms with van der Waals surface area (Å²) in [7, 11) is 0. The third-order valence-electron chi connectivity index (χ3n) is 4.51. The predicted molar refractivity (Wildman–Crippen MR) is 93.3 cm³/mol. The Kier molecular flexibility index (Phi) is 3.89. The second kappa shape index (κ2) is 6.06. The van der Waals surface area contributed by atoms with E-state index in [9.17, 15) is 4.79 Å². The molecule has 24 heavy (non-hydrogen) atoms. The molecule has 126 valence electrons. The lowest BCUT2D eigenvalue weighted by molar-refractivity contribution is -0.117. The molecule has 4 rings (SSSR count). The Morgan fingerprint density at radius 2 is 2.29 bits per heavy atom. The molecule has 0 radical (unpaired) electrons. The van der Waals surface area contributed by atoms with Crippen LogP contribution in [-0.2, 0) is 4.79 Å². The zero-order chi connectivity index (χ0) is 16.6. The lowest BCUT2D eigenvalue weighted by Crippen LogP contribution is -2.55. The molecule has 9 heteroatoms. The van der Waals surface area contributed by atoms with E-state index in [2.05, 4.69) is 25.3 Å². The Balaban J connectivity index is 1.52. The van der Waals surface area contributed by atoms with Crippen molar-refractivity contribution in [2.45, 2.75) is 24.8 Å². The van der Waals surface area contributed by atoms with Crippen molar-refractivity contribution in [3.8, 4) is 0 Å². The number of fused-ring (bicyclic) bond motifs is 1. The van der Waals surface area contributed by atoms with Crippen molar-refractivity contribution in [3.05, 3.63) is 23.8 Å². The first-order valence-electron chi connectivity index (χ1n) is 7.97. The zero-order valence-electron chi connectivity index (χ0n) is 13.2. The highest BCUT2D eigenvalue weighted by Crippen LogP contribution is 2.30. The van der Waals surface area contributed by atoms with E-state index in [1.54, 1.807) is 18.1 Å². The molecule has 1 amide bonds. The highest BCUT2D eigenvalue weighted by atomic mass is 32.2. The Morgan fingerprint density at radius 1 is 1.42 bits per heavy atom. The predicted octanol–water partition coefficient (Wildman–Crippen LogP) is 0.745. The largest absolute Gasteiger partial charge is 0.350 e. The third kappa shape index (κ3) is 2.84. The number of imidazole rings is 1. The Hall–Kier alpha value is -2.13. The number of rotatable bonds is 4. The molecule has 0 bridgehead atoms. The summed E-state index contributed by atoms with van der Waals surface area (Å²) in [5.74, 6) is 1.47. The van der Waals surface area contributed by atoms with Gasteiger partial charge in [-0.25, -0.2) is 15.0 Å². The maximum absolute atomic E-state index is 12.4. The van der Waals surface area contributed by atoms with Crippen LogP contribution in [0.25, 0.3) is 11.2 Å². The van der Waals surface area contributed by atoms with Crippen LogP contribution in [0.15, 0.2) is 23.8 Å². The van der Waals surface area contributed by atoms with E-state index in [0.29, 0.717) is 17.1 Å². The Morgan fingerprint density at radius 3 is 3.08 bits per heavy atom. The minimum absolute atomic E-state index is 0.0728. The van der Waals surface area contributed by atoms with Gasteiger partial charge in [-0.1, -0.05) is 0 Å². The molecule has 2 aliphatic rings. The topological polar surface area (TPSA) is 113 Å². The van der Waals surface area contributed by atoms with Crippen molar-refractivity contribution in [1.29, 1.82) is 0 Å². The van der Waals surface area contributed by atoms with Gasteiger partial charge in [0, 0.05) is 30.6 Å². The molecule has 4 N–H and O–H groups in total. The molecule has 1 saturated carbocycles. The van der Waals surface area contributed by atoms with Crippen molar-refractivity contribution >= 4 is 34.7 Å². The smallest absolute Gasteiger partial charge is 0.259 e. The number of amides is 1. The fraction of sp³-hybridized carbons (Fsp3) is 0.467. The molecule has 1 aliphatic carbocycles. The number of aromatic amines is 1. The fourth-order valence-electron chi connectivity index (χ4n) is 2.91. The van der Waals surface area contributed by atoms with E-state index < -0.39 is 0 Å². The number of aromatic nitrogens is 4. The van der Waals surface area contributed by atoms with E-state index in [1.165, 1.54) is 6.33 Å². The van der Waals surface area contributed by atoms with Crippen LogP contribution in [0.5, 0.6) is 0 Å². The van der Waals surface area contributed by atoms with Gasteiger partial charge in [-0.2, -0.15) is 0 Å². The van der Waals surface area contributed by atoms with Gasteiger partial charge in [0.25, 0.3) is 5.91 Å². The summed E-state index contributed by atoms with van der Waals surface area (Å²) >= 11 is 1.55. The van der Waals surface area contributed by atoms with Crippen molar-refractivity contribution in [2.24, 2.45) is 5.73 Å². The summed E-state index contributed by atoms with van der Waals surface area (Å²) in [6.07, 6.45) is 8.02. The number of H-pyrrole nitrogens is 1. The van der Waals surface area contributed by atoms with Crippen LogP contribution in [-0.4, -0.2) is 50.2 Å². The zero-order valence-corrected chi connectivity index (χ0v) is 14.0. The Labute approximate surface area is 143 Å². The normalized spacial score (nSPS) is 19.7. The van der Waals surface area contributed by atoms with Gasteiger partial charge >= 0.3 is 0 Å². The van der Waals surface area contributed by atoms with Crippen LogP contribution in [0, 0.1) is 0 Å². The van der Waals surface area contributed by atoms with Gasteiger partial charge in [0.1, 0.15) is 11.8 Å². The average molecular weight is 345 g/mol. The lowest BCUT2D eigenvalue weighted by atomic mass is 9.78. The number of carbonyl (C=O) groups is 1. The van der Waals surface area contributed by atoms with Gasteiger partial charge in [0.15, 0.2) is 11.5 Å². The quantitative estimate of drug-likeness (QED) is 0.749. The molecule has 0 spiro atoms. The van der Waals surface area contributed by atoms with Crippen LogP contribution in [0.2, 0.25) is 0 Å². The highest BCUT2D eigenvalue weighted by Gasteiger charge is 2.33. The molecule has 1 aliphatic heterocycles. The van der Waals surface area contributed by atoms with Crippen LogP contribution in [0.3, 0.4) is 0 Å². The summed E-state index contributed by atoms with van der Waals surface area (Å²) in [4.78, 5) is 30.8. The highest BCUT2D eigenvalue weighted by molar-refractivity contribution is 8.04. The summed E-state index contributed by atoms with van der Waals surface area (Å²) in [6.45, 7) is 1.30. The van der Waals surface area contributed by atoms with Crippen molar-refractivity contribution in [2.75, 3.05) is 23.7 Å². The second-order valence-corrected chi connectivity index (χ2v) is 7.37. The molecule has 2 aromatic rings. The van der Waals surface area contributed by atoms with Gasteiger partial charge in [-0.05, 0) is 19.3 Å². The van der Waals surface area contributed by atoms with Gasteiger partial charge in [-0.3, -0.25) is 4.79 Å². The lowest BCUT2D eigenvalue weighted by Gasteiger charge is -2.38. The molecule has 3 heterocycles. The first kappa shape index (κ1) is 15.4. The Bertz CT molecular complexity index is 798. The van der Waals surface area contributed by atoms with Gasteiger partial charge in [0.05, 0.1) is 11.2 Å². The van der Waals surface area contributed by atoms with E-state index >= 15 is 0 Å². The van der Waals surface area contributed by atoms with E-state index in [-0.39, 0.29) is 11.4 Å². The minimum atomic E-state index is -0.218. The first-order valence-corrected chi connectivity index (χ1v) is 8.96. The van der Waals surface area contributed by atoms with E-state index in [0.717, 1.165) is 42.9 Å². The van der Waals surface area contributed by atoms with E-state index in [1.807, 2.05) is 11.1 Å². The summed E-state index contributed by atoms with van der Waals surface area (Å²) in [5, 5.41) is 2.97. The second-order valence-electron chi connectivity index (χ2n) is 6.23. The van der Waals surface area contributed by atoms with Crippen LogP contribution < -0.4 is 16.0 Å². The monoisotopic (exact) mass is 345 g/mol. The van der Waals surface area contributed by atoms with Crippen LogP contribution in [0.1, 0.15) is 19.3 Å². The number of hydrogen-bond donors (Lipinski definition) is 3. The number of nitrogens with one attached hydrogen (secondary N) is 2. The average Bonchev–Trinajstić information content (AvgIpc) is 3.06. The molecule has 0 saturated heterocycles. The molecule has 2 aromatic heterocycles. The van der Waals surface area contributed by atoms with Crippen molar-refractivity contribution in [1.82, 2.24) is 25.3 Å². The van der Waals surface area contributed by atoms with Crippen LogP contribution >= 0.6 is 11.8 Å². The number of anilines is 1. The molecule has 1 fully saturated rings. The number of hydrogen-bond acceptors (Lipinski definition) is 7. The molecule has 0 aromatic carbocycles. The number of nitrogens with two attached hydrogens (primary N) is 1. The first-order chi connectivity index (χ1) is 11.6. The maximum atomic E-state index is 12.4. The minimum Gasteiger partial charge on any atom is -0.350 e. The molecule has 8 nitrogen and oxygen atoms in total. The molecular formula is C15H19N7OS. The van der Waals surface area contributed by atoms with Crippen LogP contribution in [0.4, 0.5) is 5.82 Å². The van der Waals surface area contributed by atoms with Gasteiger partial charge < -0.3 is 20.9 Å². The molecule has 0 unspecified atom stereocenters. The standard InChI is InChI=1S/C15H19N7OS/c16-15(2-1-3-15)7-17-14(23)10-6-22(4-5-24-10)13-11-12(19-8-18-11)20-9-21-13/h6,8-9H,1-5,7,16H2,(H,17,23)(H,18,19,20,21). The number of carbonyl (C=O) groups excluding carboxylic acids is 1. The fourth-order valence-corrected chi connectivity index (χ4v) is 3.82. The van der Waals surface area contributed by atoms with Crippen molar-refractivity contribution in [3.63, 3.8) is 0 Å². The number of nitrogens with zero attached hydrogens (tertiary/aromatic N) is 4. The van der Waals surface area contributed by atoms with Gasteiger partial charge in [-0.15, -0.1) is 11.8 Å². The maximum Gasteiger partial charge on any atom is 0.259 e. The van der Waals surface area contributed by atoms with E-state index in [4.69, 9.17) is 5.73 Å². The summed E-state index contributed by atoms with van der Waals surface area (Å²) in [5.41, 5.74) is 7.34. The van der Waals surface area contributed by atoms with Gasteiger partial charge in [0.2, 0.25) is 0 Å².